The van der Waals surface area contributed by atoms with E-state index in [-0.39, 0.29) is 11.8 Å². The average Bonchev–Trinajstić information content (AvgIpc) is 2.56. The molecule has 2 rings (SSSR count). The van der Waals surface area contributed by atoms with Crippen molar-refractivity contribution in [1.82, 2.24) is 5.32 Å². The second-order valence-corrected chi connectivity index (χ2v) is 6.33. The SMILES string of the molecule is CNC(=O)c1ccccc1NC(=O)CCSc1ccc(Cl)cc1. The molecule has 0 saturated carbocycles. The summed E-state index contributed by atoms with van der Waals surface area (Å²) in [6.07, 6.45) is 0.357. The summed E-state index contributed by atoms with van der Waals surface area (Å²) >= 11 is 7.42. The standard InChI is InChI=1S/C17H17ClN2O2S/c1-19-17(22)14-4-2-3-5-15(14)20-16(21)10-11-23-13-8-6-12(18)7-9-13/h2-9H,10-11H2,1H3,(H,19,22)(H,20,21). The number of halogens is 1. The van der Waals surface area contributed by atoms with E-state index in [4.69, 9.17) is 11.6 Å². The van der Waals surface area contributed by atoms with E-state index in [0.717, 1.165) is 4.90 Å². The van der Waals surface area contributed by atoms with Crippen molar-refractivity contribution in [2.45, 2.75) is 11.3 Å². The predicted octanol–water partition coefficient (Wildman–Crippen LogP) is 3.82. The van der Waals surface area contributed by atoms with Crippen LogP contribution in [0.4, 0.5) is 5.69 Å². The molecule has 0 aromatic heterocycles. The van der Waals surface area contributed by atoms with Crippen molar-refractivity contribution < 1.29 is 9.59 Å². The number of amides is 2. The van der Waals surface area contributed by atoms with Gasteiger partial charge in [-0.15, -0.1) is 11.8 Å². The minimum Gasteiger partial charge on any atom is -0.355 e. The normalized spacial score (nSPS) is 10.2. The number of nitrogens with one attached hydrogen (secondary N) is 2. The lowest BCUT2D eigenvalue weighted by molar-refractivity contribution is -0.115. The Hall–Kier alpha value is -1.98. The summed E-state index contributed by atoms with van der Waals surface area (Å²) in [5.74, 6) is 0.301. The molecule has 0 aliphatic rings. The monoisotopic (exact) mass is 348 g/mol. The minimum absolute atomic E-state index is 0.122. The van der Waals surface area contributed by atoms with Crippen molar-refractivity contribution in [2.75, 3.05) is 18.1 Å². The van der Waals surface area contributed by atoms with Crippen LogP contribution in [0.5, 0.6) is 0 Å². The summed E-state index contributed by atoms with van der Waals surface area (Å²) in [5.41, 5.74) is 0.974. The van der Waals surface area contributed by atoms with Gasteiger partial charge >= 0.3 is 0 Å². The van der Waals surface area contributed by atoms with Crippen molar-refractivity contribution in [1.29, 1.82) is 0 Å². The van der Waals surface area contributed by atoms with Crippen LogP contribution in [0, 0.1) is 0 Å². The first kappa shape index (κ1) is 17.4. The van der Waals surface area contributed by atoms with Crippen LogP contribution >= 0.6 is 23.4 Å². The van der Waals surface area contributed by atoms with Gasteiger partial charge in [-0.2, -0.15) is 0 Å². The molecule has 4 nitrogen and oxygen atoms in total. The van der Waals surface area contributed by atoms with E-state index in [1.165, 1.54) is 0 Å². The molecular weight excluding hydrogens is 332 g/mol. The van der Waals surface area contributed by atoms with Crippen LogP contribution in [0.1, 0.15) is 16.8 Å². The molecular formula is C17H17ClN2O2S. The number of rotatable bonds is 6. The number of hydrogen-bond acceptors (Lipinski definition) is 3. The maximum atomic E-state index is 12.0. The molecule has 0 saturated heterocycles. The summed E-state index contributed by atoms with van der Waals surface area (Å²) < 4.78 is 0. The van der Waals surface area contributed by atoms with Gasteiger partial charge in [0.25, 0.3) is 5.91 Å². The molecule has 0 bridgehead atoms. The van der Waals surface area contributed by atoms with Gasteiger partial charge in [0.15, 0.2) is 0 Å². The first-order chi connectivity index (χ1) is 11.1. The van der Waals surface area contributed by atoms with Gasteiger partial charge in [0.05, 0.1) is 11.3 Å². The van der Waals surface area contributed by atoms with Crippen molar-refractivity contribution in [3.05, 3.63) is 59.1 Å². The largest absolute Gasteiger partial charge is 0.355 e. The first-order valence-electron chi connectivity index (χ1n) is 7.09. The van der Waals surface area contributed by atoms with Crippen molar-refractivity contribution in [3.63, 3.8) is 0 Å². The molecule has 2 aromatic carbocycles. The van der Waals surface area contributed by atoms with Crippen LogP contribution in [0.25, 0.3) is 0 Å². The number of para-hydroxylation sites is 1. The molecule has 6 heteroatoms. The summed E-state index contributed by atoms with van der Waals surface area (Å²) in [5, 5.41) is 6.04. The van der Waals surface area contributed by atoms with Gasteiger partial charge in [-0.1, -0.05) is 23.7 Å². The molecule has 0 aliphatic heterocycles. The van der Waals surface area contributed by atoms with Gasteiger partial charge in [-0.3, -0.25) is 9.59 Å². The molecule has 0 heterocycles. The van der Waals surface area contributed by atoms with Gasteiger partial charge < -0.3 is 10.6 Å². The number of thioether (sulfide) groups is 1. The average molecular weight is 349 g/mol. The fourth-order valence-electron chi connectivity index (χ4n) is 1.93. The van der Waals surface area contributed by atoms with Gasteiger partial charge in [0, 0.05) is 29.1 Å². The van der Waals surface area contributed by atoms with Crippen LogP contribution < -0.4 is 10.6 Å². The Morgan fingerprint density at radius 2 is 1.78 bits per heavy atom. The second kappa shape index (κ2) is 8.60. The van der Waals surface area contributed by atoms with E-state index in [1.807, 2.05) is 24.3 Å². The highest BCUT2D eigenvalue weighted by Crippen LogP contribution is 2.21. The molecule has 2 N–H and O–H groups in total. The van der Waals surface area contributed by atoms with E-state index in [2.05, 4.69) is 10.6 Å². The van der Waals surface area contributed by atoms with Crippen LogP contribution in [0.2, 0.25) is 5.02 Å². The fraction of sp³-hybridized carbons (Fsp3) is 0.176. The zero-order valence-corrected chi connectivity index (χ0v) is 14.2. The Kier molecular flexibility index (Phi) is 6.50. The molecule has 0 fully saturated rings. The Bertz CT molecular complexity index is 689. The fourth-order valence-corrected chi connectivity index (χ4v) is 2.91. The van der Waals surface area contributed by atoms with E-state index < -0.39 is 0 Å². The lowest BCUT2D eigenvalue weighted by Gasteiger charge is -2.10. The quantitative estimate of drug-likeness (QED) is 0.780. The van der Waals surface area contributed by atoms with Crippen LogP contribution in [-0.2, 0) is 4.79 Å². The van der Waals surface area contributed by atoms with Crippen LogP contribution in [0.3, 0.4) is 0 Å². The number of anilines is 1. The lowest BCUT2D eigenvalue weighted by Crippen LogP contribution is -2.21. The molecule has 0 unspecified atom stereocenters. The van der Waals surface area contributed by atoms with Crippen molar-refractivity contribution in [2.24, 2.45) is 0 Å². The third kappa shape index (κ3) is 5.30. The highest BCUT2D eigenvalue weighted by molar-refractivity contribution is 7.99. The summed E-state index contributed by atoms with van der Waals surface area (Å²) in [4.78, 5) is 24.9. The molecule has 2 amide bonds. The Balaban J connectivity index is 1.88. The van der Waals surface area contributed by atoms with Gasteiger partial charge in [-0.05, 0) is 36.4 Å². The zero-order chi connectivity index (χ0) is 16.7. The van der Waals surface area contributed by atoms with Crippen LogP contribution in [0.15, 0.2) is 53.4 Å². The third-order valence-corrected chi connectivity index (χ3v) is 4.35. The highest BCUT2D eigenvalue weighted by atomic mass is 35.5. The van der Waals surface area contributed by atoms with Gasteiger partial charge in [0.2, 0.25) is 5.91 Å². The highest BCUT2D eigenvalue weighted by Gasteiger charge is 2.11. The number of benzene rings is 2. The van der Waals surface area contributed by atoms with E-state index in [0.29, 0.717) is 28.4 Å². The molecule has 0 radical (unpaired) electrons. The minimum atomic E-state index is -0.226. The van der Waals surface area contributed by atoms with E-state index in [9.17, 15) is 9.59 Å². The Morgan fingerprint density at radius 1 is 1.09 bits per heavy atom. The summed E-state index contributed by atoms with van der Waals surface area (Å²) in [7, 11) is 1.56. The van der Waals surface area contributed by atoms with Crippen LogP contribution in [-0.4, -0.2) is 24.6 Å². The molecule has 0 aliphatic carbocycles. The van der Waals surface area contributed by atoms with E-state index >= 15 is 0 Å². The molecule has 0 spiro atoms. The summed E-state index contributed by atoms with van der Waals surface area (Å²) in [6, 6.07) is 14.4. The summed E-state index contributed by atoms with van der Waals surface area (Å²) in [6.45, 7) is 0. The number of carbonyl (C=O) groups is 2. The van der Waals surface area contributed by atoms with Crippen molar-refractivity contribution >= 4 is 40.9 Å². The second-order valence-electron chi connectivity index (χ2n) is 4.73. The first-order valence-corrected chi connectivity index (χ1v) is 8.46. The topological polar surface area (TPSA) is 58.2 Å². The zero-order valence-electron chi connectivity index (χ0n) is 12.6. The third-order valence-electron chi connectivity index (χ3n) is 3.08. The predicted molar refractivity (Wildman–Crippen MR) is 95.3 cm³/mol. The van der Waals surface area contributed by atoms with E-state index in [1.54, 1.807) is 43.1 Å². The number of hydrogen-bond donors (Lipinski definition) is 2. The molecule has 0 atom stereocenters. The lowest BCUT2D eigenvalue weighted by atomic mass is 10.1. The molecule has 23 heavy (non-hydrogen) atoms. The van der Waals surface area contributed by atoms with Gasteiger partial charge in [-0.25, -0.2) is 0 Å². The van der Waals surface area contributed by atoms with Crippen molar-refractivity contribution in [3.8, 4) is 0 Å². The number of carbonyl (C=O) groups excluding carboxylic acids is 2. The smallest absolute Gasteiger partial charge is 0.253 e. The Labute approximate surface area is 144 Å². The molecule has 2 aromatic rings. The Morgan fingerprint density at radius 3 is 2.48 bits per heavy atom. The molecule has 120 valence electrons. The maximum absolute atomic E-state index is 12.0. The maximum Gasteiger partial charge on any atom is 0.253 e. The van der Waals surface area contributed by atoms with Gasteiger partial charge in [0.1, 0.15) is 0 Å².